The van der Waals surface area contributed by atoms with Gasteiger partial charge in [-0.3, -0.25) is 4.79 Å². The van der Waals surface area contributed by atoms with Crippen LogP contribution in [0.25, 0.3) is 0 Å². The van der Waals surface area contributed by atoms with Gasteiger partial charge in [-0.15, -0.1) is 6.58 Å². The number of carbonyl (C=O) groups excluding carboxylic acids is 1. The summed E-state index contributed by atoms with van der Waals surface area (Å²) in [6.45, 7) is 9.83. The molecule has 1 rings (SSSR count). The molecule has 0 unspecified atom stereocenters. The SMILES string of the molecule is C=CCN(c1ccc(F)cc1C(C)=O)C(C)C. The minimum Gasteiger partial charge on any atom is -0.365 e. The summed E-state index contributed by atoms with van der Waals surface area (Å²) < 4.78 is 13.2. The molecular weight excluding hydrogens is 217 g/mol. The van der Waals surface area contributed by atoms with E-state index in [2.05, 4.69) is 6.58 Å². The van der Waals surface area contributed by atoms with Crippen molar-refractivity contribution in [3.05, 3.63) is 42.2 Å². The molecule has 0 amide bonds. The van der Waals surface area contributed by atoms with E-state index in [1.54, 1.807) is 12.1 Å². The molecule has 1 aromatic rings. The van der Waals surface area contributed by atoms with Gasteiger partial charge in [0.15, 0.2) is 5.78 Å². The van der Waals surface area contributed by atoms with Crippen LogP contribution in [0.3, 0.4) is 0 Å². The summed E-state index contributed by atoms with van der Waals surface area (Å²) in [5, 5.41) is 0. The third-order valence-corrected chi connectivity index (χ3v) is 2.60. The van der Waals surface area contributed by atoms with Gasteiger partial charge >= 0.3 is 0 Å². The van der Waals surface area contributed by atoms with Crippen molar-refractivity contribution in [3.8, 4) is 0 Å². The Bertz CT molecular complexity index is 426. The Hall–Kier alpha value is -1.64. The van der Waals surface area contributed by atoms with Crippen LogP contribution in [0, 0.1) is 5.82 Å². The predicted octanol–water partition coefficient (Wildman–Crippen LogP) is 3.43. The molecule has 0 atom stereocenters. The molecule has 0 fully saturated rings. The van der Waals surface area contributed by atoms with Crippen molar-refractivity contribution in [2.75, 3.05) is 11.4 Å². The zero-order valence-electron chi connectivity index (χ0n) is 10.5. The number of benzene rings is 1. The van der Waals surface area contributed by atoms with Gasteiger partial charge in [-0.05, 0) is 39.0 Å². The van der Waals surface area contributed by atoms with E-state index in [-0.39, 0.29) is 17.6 Å². The lowest BCUT2D eigenvalue weighted by molar-refractivity contribution is 0.101. The standard InChI is InChI=1S/C14H18FNO/c1-5-8-16(10(2)3)14-7-6-12(15)9-13(14)11(4)17/h5-7,9-10H,1,8H2,2-4H3. The summed E-state index contributed by atoms with van der Waals surface area (Å²) in [6, 6.07) is 4.53. The van der Waals surface area contributed by atoms with Gasteiger partial charge in [0.05, 0.1) is 0 Å². The van der Waals surface area contributed by atoms with Crippen LogP contribution in [0.2, 0.25) is 0 Å². The highest BCUT2D eigenvalue weighted by molar-refractivity contribution is 5.99. The molecule has 0 aromatic heterocycles. The second kappa shape index (κ2) is 5.62. The molecule has 0 N–H and O–H groups in total. The van der Waals surface area contributed by atoms with E-state index < -0.39 is 0 Å². The summed E-state index contributed by atoms with van der Waals surface area (Å²) in [4.78, 5) is 13.5. The molecule has 0 aliphatic rings. The first-order valence-corrected chi connectivity index (χ1v) is 5.65. The smallest absolute Gasteiger partial charge is 0.161 e. The van der Waals surface area contributed by atoms with Crippen LogP contribution in [-0.4, -0.2) is 18.4 Å². The average molecular weight is 235 g/mol. The second-order valence-corrected chi connectivity index (χ2v) is 4.25. The number of nitrogens with zero attached hydrogens (tertiary/aromatic N) is 1. The fraction of sp³-hybridized carbons (Fsp3) is 0.357. The van der Waals surface area contributed by atoms with E-state index in [1.807, 2.05) is 18.7 Å². The fourth-order valence-corrected chi connectivity index (χ4v) is 1.77. The molecule has 1 aromatic carbocycles. The van der Waals surface area contributed by atoms with E-state index in [1.165, 1.54) is 19.1 Å². The third kappa shape index (κ3) is 3.16. The van der Waals surface area contributed by atoms with Crippen molar-refractivity contribution in [1.29, 1.82) is 0 Å². The van der Waals surface area contributed by atoms with Crippen LogP contribution in [-0.2, 0) is 0 Å². The number of hydrogen-bond donors (Lipinski definition) is 0. The molecule has 0 aliphatic carbocycles. The van der Waals surface area contributed by atoms with Crippen molar-refractivity contribution >= 4 is 11.5 Å². The molecule has 0 heterocycles. The van der Waals surface area contributed by atoms with Crippen LogP contribution >= 0.6 is 0 Å². The van der Waals surface area contributed by atoms with Crippen LogP contribution in [0.5, 0.6) is 0 Å². The molecule has 0 radical (unpaired) electrons. The first-order chi connectivity index (χ1) is 7.97. The second-order valence-electron chi connectivity index (χ2n) is 4.25. The molecule has 0 saturated carbocycles. The number of hydrogen-bond acceptors (Lipinski definition) is 2. The summed E-state index contributed by atoms with van der Waals surface area (Å²) in [5.41, 5.74) is 1.18. The highest BCUT2D eigenvalue weighted by atomic mass is 19.1. The zero-order chi connectivity index (χ0) is 13.0. The highest BCUT2D eigenvalue weighted by Crippen LogP contribution is 2.24. The topological polar surface area (TPSA) is 20.3 Å². The van der Waals surface area contributed by atoms with Crippen molar-refractivity contribution in [3.63, 3.8) is 0 Å². The number of rotatable bonds is 5. The minimum absolute atomic E-state index is 0.130. The summed E-state index contributed by atoms with van der Waals surface area (Å²) >= 11 is 0. The lowest BCUT2D eigenvalue weighted by Gasteiger charge is -2.29. The van der Waals surface area contributed by atoms with E-state index >= 15 is 0 Å². The molecule has 3 heteroatoms. The zero-order valence-corrected chi connectivity index (χ0v) is 10.5. The highest BCUT2D eigenvalue weighted by Gasteiger charge is 2.16. The van der Waals surface area contributed by atoms with Gasteiger partial charge in [0, 0.05) is 23.8 Å². The minimum atomic E-state index is -0.388. The third-order valence-electron chi connectivity index (χ3n) is 2.60. The normalized spacial score (nSPS) is 10.4. The number of halogens is 1. The Morgan fingerprint density at radius 2 is 2.18 bits per heavy atom. The molecule has 2 nitrogen and oxygen atoms in total. The quantitative estimate of drug-likeness (QED) is 0.575. The first kappa shape index (κ1) is 13.4. The number of anilines is 1. The summed E-state index contributed by atoms with van der Waals surface area (Å²) in [6.07, 6.45) is 1.77. The lowest BCUT2D eigenvalue weighted by atomic mass is 10.1. The monoisotopic (exact) mass is 235 g/mol. The maximum Gasteiger partial charge on any atom is 0.161 e. The van der Waals surface area contributed by atoms with Crippen LogP contribution in [0.1, 0.15) is 31.1 Å². The molecule has 0 spiro atoms. The molecule has 0 saturated heterocycles. The van der Waals surface area contributed by atoms with Gasteiger partial charge in [-0.2, -0.15) is 0 Å². The van der Waals surface area contributed by atoms with Gasteiger partial charge in [0.1, 0.15) is 5.82 Å². The molecule has 0 aliphatic heterocycles. The maximum absolute atomic E-state index is 13.2. The number of carbonyl (C=O) groups is 1. The van der Waals surface area contributed by atoms with Crippen molar-refractivity contribution in [2.45, 2.75) is 26.8 Å². The van der Waals surface area contributed by atoms with E-state index in [9.17, 15) is 9.18 Å². The van der Waals surface area contributed by atoms with Crippen molar-refractivity contribution in [2.24, 2.45) is 0 Å². The van der Waals surface area contributed by atoms with Crippen LogP contribution < -0.4 is 4.90 Å². The van der Waals surface area contributed by atoms with Crippen molar-refractivity contribution < 1.29 is 9.18 Å². The average Bonchev–Trinajstić information content (AvgIpc) is 2.26. The summed E-state index contributed by atoms with van der Waals surface area (Å²) in [5.74, 6) is -0.518. The fourth-order valence-electron chi connectivity index (χ4n) is 1.77. The molecule has 17 heavy (non-hydrogen) atoms. The molecule has 92 valence electrons. The molecular formula is C14H18FNO. The lowest BCUT2D eigenvalue weighted by Crippen LogP contribution is -2.32. The Kier molecular flexibility index (Phi) is 4.44. The van der Waals surface area contributed by atoms with Gasteiger partial charge in [0.25, 0.3) is 0 Å². The van der Waals surface area contributed by atoms with Crippen LogP contribution in [0.15, 0.2) is 30.9 Å². The van der Waals surface area contributed by atoms with Gasteiger partial charge in [0.2, 0.25) is 0 Å². The maximum atomic E-state index is 13.2. The van der Waals surface area contributed by atoms with Gasteiger partial charge in [-0.1, -0.05) is 6.08 Å². The van der Waals surface area contributed by atoms with Crippen LogP contribution in [0.4, 0.5) is 10.1 Å². The van der Waals surface area contributed by atoms with Gasteiger partial charge in [-0.25, -0.2) is 4.39 Å². The summed E-state index contributed by atoms with van der Waals surface area (Å²) in [7, 11) is 0. The Labute approximate surface area is 102 Å². The van der Waals surface area contributed by atoms with E-state index in [4.69, 9.17) is 0 Å². The van der Waals surface area contributed by atoms with E-state index in [0.29, 0.717) is 12.1 Å². The predicted molar refractivity (Wildman–Crippen MR) is 69.1 cm³/mol. The number of ketones is 1. The molecule has 0 bridgehead atoms. The Morgan fingerprint density at radius 3 is 2.65 bits per heavy atom. The number of Topliss-reactive ketones (excluding diaryl/α,β-unsaturated/α-hetero) is 1. The first-order valence-electron chi connectivity index (χ1n) is 5.65. The Morgan fingerprint density at radius 1 is 1.53 bits per heavy atom. The Balaban J connectivity index is 3.26. The van der Waals surface area contributed by atoms with Gasteiger partial charge < -0.3 is 4.90 Å². The van der Waals surface area contributed by atoms with E-state index in [0.717, 1.165) is 5.69 Å². The largest absolute Gasteiger partial charge is 0.365 e. The van der Waals surface area contributed by atoms with Crippen molar-refractivity contribution in [1.82, 2.24) is 0 Å².